The molecule has 7 nitrogen and oxygen atoms in total. The van der Waals surface area contributed by atoms with Gasteiger partial charge in [-0.05, 0) is 58.9 Å². The fourth-order valence-corrected chi connectivity index (χ4v) is 5.15. The summed E-state index contributed by atoms with van der Waals surface area (Å²) in [5, 5.41) is 10.3. The quantitative estimate of drug-likeness (QED) is 0.519. The largest absolute Gasteiger partial charge is 0.481 e. The summed E-state index contributed by atoms with van der Waals surface area (Å²) in [5.41, 5.74) is 1.41. The smallest absolute Gasteiger partial charge is 0.334 e. The van der Waals surface area contributed by atoms with Crippen molar-refractivity contribution in [3.05, 3.63) is 46.4 Å². The van der Waals surface area contributed by atoms with Gasteiger partial charge in [0.1, 0.15) is 23.9 Å². The van der Waals surface area contributed by atoms with Gasteiger partial charge in [-0.2, -0.15) is 0 Å². The molecule has 5 atom stereocenters. The first-order valence-corrected chi connectivity index (χ1v) is 11.0. The second-order valence-corrected chi connectivity index (χ2v) is 9.09. The van der Waals surface area contributed by atoms with Crippen LogP contribution in [-0.4, -0.2) is 29.1 Å². The van der Waals surface area contributed by atoms with Gasteiger partial charge in [-0.3, -0.25) is 4.79 Å². The second-order valence-electron chi connectivity index (χ2n) is 9.09. The lowest BCUT2D eigenvalue weighted by Gasteiger charge is -2.53. The number of carbonyl (C=O) groups is 3. The number of aliphatic carboxylic acids is 1. The van der Waals surface area contributed by atoms with E-state index in [2.05, 4.69) is 0 Å². The lowest BCUT2D eigenvalue weighted by molar-refractivity contribution is -0.196. The van der Waals surface area contributed by atoms with Crippen molar-refractivity contribution in [2.75, 3.05) is 0 Å². The molecule has 2 aliphatic rings. The Morgan fingerprint density at radius 1 is 1.09 bits per heavy atom. The first kappa shape index (κ1) is 23.8. The Labute approximate surface area is 188 Å². The predicted octanol–water partition coefficient (Wildman–Crippen LogP) is 4.69. The normalized spacial score (nSPS) is 30.2. The molecule has 0 unspecified atom stereocenters. The van der Waals surface area contributed by atoms with Gasteiger partial charge in [0.05, 0.1) is 6.26 Å². The van der Waals surface area contributed by atoms with Crippen molar-refractivity contribution < 1.29 is 33.4 Å². The summed E-state index contributed by atoms with van der Waals surface area (Å²) < 4.78 is 17.5. The molecule has 0 aromatic carbocycles. The Hall–Kier alpha value is -2.83. The van der Waals surface area contributed by atoms with E-state index in [0.29, 0.717) is 30.4 Å². The molecule has 0 bridgehead atoms. The zero-order chi connectivity index (χ0) is 23.8. The van der Waals surface area contributed by atoms with E-state index in [9.17, 15) is 19.5 Å². The van der Waals surface area contributed by atoms with Crippen LogP contribution in [0.3, 0.4) is 0 Å². The van der Waals surface area contributed by atoms with Crippen molar-refractivity contribution in [1.29, 1.82) is 0 Å². The van der Waals surface area contributed by atoms with E-state index in [1.54, 1.807) is 46.1 Å². The highest BCUT2D eigenvalue weighted by atomic mass is 16.6. The van der Waals surface area contributed by atoms with Gasteiger partial charge in [0.25, 0.3) is 0 Å². The molecule has 7 heteroatoms. The van der Waals surface area contributed by atoms with E-state index in [4.69, 9.17) is 13.9 Å². The maximum absolute atomic E-state index is 12.8. The third-order valence-corrected chi connectivity index (χ3v) is 7.34. The van der Waals surface area contributed by atoms with E-state index < -0.39 is 41.4 Å². The fourth-order valence-electron chi connectivity index (χ4n) is 5.15. The summed E-state index contributed by atoms with van der Waals surface area (Å²) in [6.45, 7) is 10.5. The number of esters is 2. The number of ether oxygens (including phenoxy) is 2. The first-order valence-electron chi connectivity index (χ1n) is 11.0. The van der Waals surface area contributed by atoms with Crippen LogP contribution in [0.4, 0.5) is 0 Å². The van der Waals surface area contributed by atoms with Gasteiger partial charge >= 0.3 is 17.9 Å². The van der Waals surface area contributed by atoms with Gasteiger partial charge in [-0.15, -0.1) is 0 Å². The van der Waals surface area contributed by atoms with Gasteiger partial charge in [-0.1, -0.05) is 19.1 Å². The fraction of sp³-hybridized carbons (Fsp3) is 0.560. The molecule has 0 saturated heterocycles. The number of carbonyl (C=O) groups excluding carboxylic acids is 2. The van der Waals surface area contributed by atoms with Crippen molar-refractivity contribution in [1.82, 2.24) is 0 Å². The summed E-state index contributed by atoms with van der Waals surface area (Å²) in [4.78, 5) is 37.9. The highest BCUT2D eigenvalue weighted by Gasteiger charge is 2.62. The van der Waals surface area contributed by atoms with Crippen molar-refractivity contribution >= 4 is 17.9 Å². The Morgan fingerprint density at radius 3 is 2.25 bits per heavy atom. The Balaban J connectivity index is 2.10. The number of carboxylic acid groups (broad SMARTS) is 1. The van der Waals surface area contributed by atoms with Crippen LogP contribution in [0.2, 0.25) is 0 Å². The molecule has 1 fully saturated rings. The molecule has 1 N–H and O–H groups in total. The lowest BCUT2D eigenvalue weighted by atomic mass is 9.53. The average molecular weight is 445 g/mol. The maximum Gasteiger partial charge on any atom is 0.334 e. The van der Waals surface area contributed by atoms with Crippen LogP contribution in [0.5, 0.6) is 0 Å². The molecule has 2 aliphatic carbocycles. The molecular weight excluding hydrogens is 412 g/mol. The molecule has 174 valence electrons. The number of allylic oxidation sites excluding steroid dienone is 2. The molecule has 0 amide bonds. The monoisotopic (exact) mass is 444 g/mol. The van der Waals surface area contributed by atoms with Crippen molar-refractivity contribution in [2.45, 2.75) is 73.0 Å². The SMILES string of the molecule is CC=C(C)C(=O)O[C@H]1CC[C@@H]2Cc3occ(C)c3[C@@H](OC(=O)C(C)=CC)[C@]2(C)[C@H]1C(=O)O. The van der Waals surface area contributed by atoms with Crippen LogP contribution in [0.25, 0.3) is 0 Å². The number of aryl methyl sites for hydroxylation is 1. The van der Waals surface area contributed by atoms with Crippen molar-refractivity contribution in [3.63, 3.8) is 0 Å². The summed E-state index contributed by atoms with van der Waals surface area (Å²) in [7, 11) is 0. The van der Waals surface area contributed by atoms with Crippen molar-refractivity contribution in [3.8, 4) is 0 Å². The number of hydrogen-bond acceptors (Lipinski definition) is 6. The van der Waals surface area contributed by atoms with Crippen LogP contribution >= 0.6 is 0 Å². The molecule has 1 saturated carbocycles. The third-order valence-electron chi connectivity index (χ3n) is 7.34. The zero-order valence-electron chi connectivity index (χ0n) is 19.6. The van der Waals surface area contributed by atoms with Gasteiger partial charge in [0.15, 0.2) is 0 Å². The lowest BCUT2D eigenvalue weighted by Crippen LogP contribution is -2.56. The van der Waals surface area contributed by atoms with E-state index in [0.717, 1.165) is 16.9 Å². The summed E-state index contributed by atoms with van der Waals surface area (Å²) in [5.74, 6) is -2.52. The van der Waals surface area contributed by atoms with Crippen molar-refractivity contribution in [2.24, 2.45) is 17.3 Å². The number of furan rings is 1. The number of carboxylic acids is 1. The minimum atomic E-state index is -1.07. The molecule has 1 heterocycles. The molecule has 32 heavy (non-hydrogen) atoms. The molecule has 1 aromatic heterocycles. The Bertz CT molecular complexity index is 982. The van der Waals surface area contributed by atoms with Gasteiger partial charge in [0, 0.05) is 28.5 Å². The van der Waals surface area contributed by atoms with E-state index in [1.807, 2.05) is 13.8 Å². The predicted molar refractivity (Wildman–Crippen MR) is 117 cm³/mol. The Kier molecular flexibility index (Phi) is 6.67. The van der Waals surface area contributed by atoms with Crippen LogP contribution in [-0.2, 0) is 30.3 Å². The minimum absolute atomic E-state index is 0.108. The topological polar surface area (TPSA) is 103 Å². The van der Waals surface area contributed by atoms with E-state index >= 15 is 0 Å². The zero-order valence-corrected chi connectivity index (χ0v) is 19.6. The Morgan fingerprint density at radius 2 is 1.69 bits per heavy atom. The minimum Gasteiger partial charge on any atom is -0.481 e. The van der Waals surface area contributed by atoms with Gasteiger partial charge < -0.3 is 19.0 Å². The highest BCUT2D eigenvalue weighted by molar-refractivity contribution is 5.88. The number of fused-ring (bicyclic) bond motifs is 2. The molecule has 0 radical (unpaired) electrons. The maximum atomic E-state index is 12.8. The second kappa shape index (κ2) is 8.96. The standard InChI is InChI=1S/C25H32O7/c1-7-13(3)23(28)31-17-10-9-16-11-18-19(15(5)12-30-18)21(32-24(29)14(4)8-2)25(16,6)20(17)22(26)27/h7-8,12,16-17,20-21H,9-11H2,1-6H3,(H,26,27)/t16-,17+,20-,21-,25+/m1/s1. The van der Waals surface area contributed by atoms with Crippen LogP contribution in [0, 0.1) is 24.2 Å². The highest BCUT2D eigenvalue weighted by Crippen LogP contribution is 2.60. The summed E-state index contributed by atoms with van der Waals surface area (Å²) in [6, 6.07) is 0. The summed E-state index contributed by atoms with van der Waals surface area (Å²) >= 11 is 0. The molecule has 3 rings (SSSR count). The molecule has 0 aliphatic heterocycles. The number of rotatable bonds is 5. The van der Waals surface area contributed by atoms with E-state index in [-0.39, 0.29) is 5.92 Å². The van der Waals surface area contributed by atoms with Crippen LogP contribution in [0.1, 0.15) is 70.5 Å². The molecule has 0 spiro atoms. The number of hydrogen-bond donors (Lipinski definition) is 1. The summed E-state index contributed by atoms with van der Waals surface area (Å²) in [6.07, 6.45) is 4.86. The third kappa shape index (κ3) is 3.89. The van der Waals surface area contributed by atoms with Gasteiger partial charge in [-0.25, -0.2) is 9.59 Å². The molecular formula is C25H32O7. The molecule has 1 aromatic rings. The van der Waals surface area contributed by atoms with Crippen LogP contribution < -0.4 is 0 Å². The van der Waals surface area contributed by atoms with E-state index in [1.165, 1.54) is 0 Å². The van der Waals surface area contributed by atoms with Crippen LogP contribution in [0.15, 0.2) is 34.0 Å². The van der Waals surface area contributed by atoms with Gasteiger partial charge in [0.2, 0.25) is 0 Å². The first-order chi connectivity index (χ1) is 15.1. The average Bonchev–Trinajstić information content (AvgIpc) is 3.12.